The molecule has 0 bridgehead atoms. The molecule has 3 rings (SSSR count). The van der Waals surface area contributed by atoms with E-state index in [4.69, 9.17) is 14.9 Å². The Hall–Kier alpha value is -2.80. The number of aliphatic carboxylic acids is 2. The Labute approximate surface area is 145 Å². The molecule has 7 heteroatoms. The monoisotopic (exact) mass is 346 g/mol. The van der Waals surface area contributed by atoms with Crippen LogP contribution in [0.5, 0.6) is 5.75 Å². The number of hydrogen-bond acceptors (Lipinski definition) is 4. The summed E-state index contributed by atoms with van der Waals surface area (Å²) in [5, 5.41) is 20.3. The molecule has 0 saturated heterocycles. The normalized spacial score (nSPS) is 13.6. The lowest BCUT2D eigenvalue weighted by atomic mass is 9.99. The Balaban J connectivity index is 0.000000242. The summed E-state index contributed by atoms with van der Waals surface area (Å²) in [6.07, 6.45) is 4.83. The minimum atomic E-state index is -1.08. The van der Waals surface area contributed by atoms with Crippen molar-refractivity contribution in [3.05, 3.63) is 36.0 Å². The summed E-state index contributed by atoms with van der Waals surface area (Å²) in [7, 11) is 1.72. The maximum atomic E-state index is 9.64. The van der Waals surface area contributed by atoms with Crippen LogP contribution in [-0.4, -0.2) is 47.3 Å². The summed E-state index contributed by atoms with van der Waals surface area (Å²) >= 11 is 0. The van der Waals surface area contributed by atoms with Gasteiger partial charge in [0, 0.05) is 29.2 Å². The van der Waals surface area contributed by atoms with Crippen molar-refractivity contribution < 1.29 is 24.5 Å². The number of methoxy groups -OCH3 is 1. The maximum Gasteiger partial charge on any atom is 0.303 e. The summed E-state index contributed by atoms with van der Waals surface area (Å²) in [6.45, 7) is 2.00. The van der Waals surface area contributed by atoms with Crippen molar-refractivity contribution in [1.29, 1.82) is 0 Å². The van der Waals surface area contributed by atoms with Gasteiger partial charge in [0.1, 0.15) is 5.75 Å². The minimum absolute atomic E-state index is 0.296. The van der Waals surface area contributed by atoms with Crippen LogP contribution in [0, 0.1) is 0 Å². The molecule has 7 nitrogen and oxygen atoms in total. The van der Waals surface area contributed by atoms with Gasteiger partial charge in [0.25, 0.3) is 0 Å². The van der Waals surface area contributed by atoms with Crippen molar-refractivity contribution in [1.82, 2.24) is 10.3 Å². The van der Waals surface area contributed by atoms with E-state index >= 15 is 0 Å². The number of aromatic nitrogens is 1. The van der Waals surface area contributed by atoms with E-state index in [0.29, 0.717) is 0 Å². The van der Waals surface area contributed by atoms with Crippen LogP contribution < -0.4 is 10.1 Å². The molecule has 0 saturated carbocycles. The minimum Gasteiger partial charge on any atom is -0.496 e. The van der Waals surface area contributed by atoms with Crippen molar-refractivity contribution in [2.75, 3.05) is 20.2 Å². The lowest BCUT2D eigenvalue weighted by Gasteiger charge is -2.14. The van der Waals surface area contributed by atoms with Gasteiger partial charge in [-0.2, -0.15) is 0 Å². The van der Waals surface area contributed by atoms with E-state index < -0.39 is 11.9 Å². The fourth-order valence-electron chi connectivity index (χ4n) is 2.66. The van der Waals surface area contributed by atoms with Gasteiger partial charge in [-0.05, 0) is 30.7 Å². The first kappa shape index (κ1) is 18.5. The molecule has 0 amide bonds. The third-order valence-electron chi connectivity index (χ3n) is 3.85. The quantitative estimate of drug-likeness (QED) is 0.662. The van der Waals surface area contributed by atoms with Crippen LogP contribution in [0.15, 0.2) is 30.5 Å². The second-order valence-electron chi connectivity index (χ2n) is 5.56. The molecule has 25 heavy (non-hydrogen) atoms. The van der Waals surface area contributed by atoms with E-state index in [1.807, 2.05) is 12.1 Å². The van der Waals surface area contributed by atoms with Gasteiger partial charge in [-0.3, -0.25) is 9.59 Å². The number of hydrogen-bond donors (Lipinski definition) is 4. The molecular weight excluding hydrogens is 324 g/mol. The lowest BCUT2D eigenvalue weighted by Crippen LogP contribution is -2.19. The van der Waals surface area contributed by atoms with Crippen LogP contribution >= 0.6 is 0 Å². The number of H-pyrrole nitrogens is 1. The van der Waals surface area contributed by atoms with Crippen LogP contribution in [0.4, 0.5) is 0 Å². The standard InChI is InChI=1S/C14H16N2O.C4H6O4/c1-17-13-4-2-3-12-14(13)11(9-16-12)10-5-7-15-8-6-10;5-3(6)1-2-4(7)8/h2-5,9,15-16H,6-8H2,1H3;1-2H2,(H,5,6)(H,7,8). The number of carbonyl (C=O) groups is 2. The Morgan fingerprint density at radius 3 is 2.48 bits per heavy atom. The van der Waals surface area contributed by atoms with E-state index in [1.165, 1.54) is 16.5 Å². The smallest absolute Gasteiger partial charge is 0.303 e. The number of benzene rings is 1. The van der Waals surface area contributed by atoms with Crippen LogP contribution in [0.2, 0.25) is 0 Å². The SMILES string of the molecule is COc1cccc2[nH]cc(C3=CCNCC3)c12.O=C(O)CCC(=O)O. The van der Waals surface area contributed by atoms with Gasteiger partial charge < -0.3 is 25.3 Å². The van der Waals surface area contributed by atoms with Crippen LogP contribution in [0.25, 0.3) is 16.5 Å². The molecule has 2 aromatic rings. The predicted molar refractivity (Wildman–Crippen MR) is 94.8 cm³/mol. The van der Waals surface area contributed by atoms with Crippen molar-refractivity contribution >= 4 is 28.4 Å². The summed E-state index contributed by atoms with van der Waals surface area (Å²) < 4.78 is 5.45. The van der Waals surface area contributed by atoms with Crippen LogP contribution in [-0.2, 0) is 9.59 Å². The van der Waals surface area contributed by atoms with Gasteiger partial charge in [-0.1, -0.05) is 12.1 Å². The second-order valence-corrected chi connectivity index (χ2v) is 5.56. The molecule has 0 atom stereocenters. The largest absolute Gasteiger partial charge is 0.496 e. The zero-order valence-electron chi connectivity index (χ0n) is 14.0. The molecule has 1 aliphatic rings. The molecule has 1 aromatic heterocycles. The van der Waals surface area contributed by atoms with E-state index in [1.54, 1.807) is 7.11 Å². The zero-order valence-corrected chi connectivity index (χ0v) is 14.0. The third kappa shape index (κ3) is 5.09. The molecule has 0 aliphatic carbocycles. The van der Waals surface area contributed by atoms with Gasteiger partial charge >= 0.3 is 11.9 Å². The Morgan fingerprint density at radius 2 is 1.92 bits per heavy atom. The molecule has 1 aromatic carbocycles. The zero-order chi connectivity index (χ0) is 18.2. The Kier molecular flexibility index (Phi) is 6.59. The first-order valence-corrected chi connectivity index (χ1v) is 8.00. The van der Waals surface area contributed by atoms with E-state index in [-0.39, 0.29) is 12.8 Å². The summed E-state index contributed by atoms with van der Waals surface area (Å²) in [5.41, 5.74) is 3.82. The number of fused-ring (bicyclic) bond motifs is 1. The molecule has 0 unspecified atom stereocenters. The molecule has 0 fully saturated rings. The highest BCUT2D eigenvalue weighted by Crippen LogP contribution is 2.34. The molecular formula is C18H22N2O5. The predicted octanol–water partition coefficient (Wildman–Crippen LogP) is 2.49. The average molecular weight is 346 g/mol. The topological polar surface area (TPSA) is 112 Å². The van der Waals surface area contributed by atoms with E-state index in [2.05, 4.69) is 28.6 Å². The van der Waals surface area contributed by atoms with Crippen molar-refractivity contribution in [2.45, 2.75) is 19.3 Å². The average Bonchev–Trinajstić information content (AvgIpc) is 3.05. The highest BCUT2D eigenvalue weighted by molar-refractivity contribution is 5.97. The highest BCUT2D eigenvalue weighted by Gasteiger charge is 2.13. The third-order valence-corrected chi connectivity index (χ3v) is 3.85. The Morgan fingerprint density at radius 1 is 1.20 bits per heavy atom. The molecule has 1 aliphatic heterocycles. The van der Waals surface area contributed by atoms with Crippen molar-refractivity contribution in [2.24, 2.45) is 0 Å². The van der Waals surface area contributed by atoms with Crippen LogP contribution in [0.1, 0.15) is 24.8 Å². The van der Waals surface area contributed by atoms with Crippen molar-refractivity contribution in [3.8, 4) is 5.75 Å². The highest BCUT2D eigenvalue weighted by atomic mass is 16.5. The molecule has 134 valence electrons. The molecule has 4 N–H and O–H groups in total. The number of rotatable bonds is 5. The van der Waals surface area contributed by atoms with Crippen LogP contribution in [0.3, 0.4) is 0 Å². The van der Waals surface area contributed by atoms with Gasteiger partial charge in [-0.25, -0.2) is 0 Å². The van der Waals surface area contributed by atoms with Gasteiger partial charge in [-0.15, -0.1) is 0 Å². The second kappa shape index (κ2) is 8.89. The number of nitrogens with one attached hydrogen (secondary N) is 2. The molecule has 2 heterocycles. The lowest BCUT2D eigenvalue weighted by molar-refractivity contribution is -0.143. The fourth-order valence-corrected chi connectivity index (χ4v) is 2.66. The van der Waals surface area contributed by atoms with E-state index in [9.17, 15) is 9.59 Å². The van der Waals surface area contributed by atoms with Gasteiger partial charge in [0.2, 0.25) is 0 Å². The van der Waals surface area contributed by atoms with Gasteiger partial charge in [0.05, 0.1) is 20.0 Å². The van der Waals surface area contributed by atoms with E-state index in [0.717, 1.165) is 30.8 Å². The molecule has 0 radical (unpaired) electrons. The summed E-state index contributed by atoms with van der Waals surface area (Å²) in [5.74, 6) is -1.21. The first-order chi connectivity index (χ1) is 12.0. The van der Waals surface area contributed by atoms with Gasteiger partial charge in [0.15, 0.2) is 0 Å². The number of aromatic amines is 1. The first-order valence-electron chi connectivity index (χ1n) is 8.00. The van der Waals surface area contributed by atoms with Crippen molar-refractivity contribution in [3.63, 3.8) is 0 Å². The number of carboxylic acid groups (broad SMARTS) is 2. The number of ether oxygens (including phenoxy) is 1. The summed E-state index contributed by atoms with van der Waals surface area (Å²) in [4.78, 5) is 22.6. The number of carboxylic acids is 2. The summed E-state index contributed by atoms with van der Waals surface area (Å²) in [6, 6.07) is 6.11. The molecule has 0 spiro atoms. The fraction of sp³-hybridized carbons (Fsp3) is 0.333. The Bertz CT molecular complexity index is 765. The maximum absolute atomic E-state index is 9.64.